The Balaban J connectivity index is 1.84. The fraction of sp³-hybridized carbons (Fsp3) is 0.615. The van der Waals surface area contributed by atoms with Crippen LogP contribution < -0.4 is 5.32 Å². The largest absolute Gasteiger partial charge is 0.351 e. The number of carbonyl (C=O) groups excluding carboxylic acids is 1. The molecule has 1 amide bonds. The van der Waals surface area contributed by atoms with Gasteiger partial charge in [-0.25, -0.2) is 0 Å². The van der Waals surface area contributed by atoms with Crippen molar-refractivity contribution in [3.63, 3.8) is 0 Å². The topological polar surface area (TPSA) is 29.1 Å². The maximum atomic E-state index is 12.0. The van der Waals surface area contributed by atoms with E-state index in [-0.39, 0.29) is 5.91 Å². The highest BCUT2D eigenvalue weighted by Gasteiger charge is 2.21. The lowest BCUT2D eigenvalue weighted by molar-refractivity contribution is 0.0947. The lowest BCUT2D eigenvalue weighted by atomic mass is 9.89. The molecule has 1 heterocycles. The van der Waals surface area contributed by atoms with E-state index in [9.17, 15) is 4.79 Å². The number of nitrogens with one attached hydrogen (secondary N) is 1. The molecule has 2 nitrogen and oxygen atoms in total. The van der Waals surface area contributed by atoms with Gasteiger partial charge in [0.1, 0.15) is 0 Å². The summed E-state index contributed by atoms with van der Waals surface area (Å²) in [7, 11) is 0. The highest BCUT2D eigenvalue weighted by atomic mass is 79.9. The van der Waals surface area contributed by atoms with Gasteiger partial charge in [-0.05, 0) is 59.7 Å². The fourth-order valence-corrected chi connectivity index (χ4v) is 4.16. The van der Waals surface area contributed by atoms with Crippen LogP contribution in [-0.4, -0.2) is 17.8 Å². The monoisotopic (exact) mass is 349 g/mol. The molecule has 0 aromatic carbocycles. The molecule has 0 spiro atoms. The van der Waals surface area contributed by atoms with Crippen LogP contribution in [0.3, 0.4) is 0 Å². The van der Waals surface area contributed by atoms with Crippen LogP contribution in [0.25, 0.3) is 0 Å². The van der Waals surface area contributed by atoms with Crippen LogP contribution in [0, 0.1) is 12.8 Å². The molecule has 1 aliphatic carbocycles. The predicted octanol–water partition coefficient (Wildman–Crippen LogP) is 4.35. The Bertz CT molecular complexity index is 415. The Labute approximate surface area is 125 Å². The Morgan fingerprint density at radius 1 is 1.61 bits per heavy atom. The maximum Gasteiger partial charge on any atom is 0.261 e. The average molecular weight is 351 g/mol. The van der Waals surface area contributed by atoms with Gasteiger partial charge < -0.3 is 5.32 Å². The standard InChI is InChI=1S/C13H17BrClNOS/c1-8-5-11(18-12(8)14)13(17)16-7-9-3-2-4-10(15)6-9/h5,9-10H,2-4,6-7H2,1H3,(H,16,17). The Morgan fingerprint density at radius 2 is 2.39 bits per heavy atom. The number of carbonyl (C=O) groups is 1. The normalized spacial score (nSPS) is 23.9. The van der Waals surface area contributed by atoms with Crippen molar-refractivity contribution >= 4 is 44.8 Å². The third-order valence-electron chi connectivity index (χ3n) is 3.35. The molecule has 1 aliphatic rings. The fourth-order valence-electron chi connectivity index (χ4n) is 2.31. The lowest BCUT2D eigenvalue weighted by Gasteiger charge is -2.25. The number of aryl methyl sites for hydroxylation is 1. The molecule has 1 saturated carbocycles. The summed E-state index contributed by atoms with van der Waals surface area (Å²) >= 11 is 11.1. The highest BCUT2D eigenvalue weighted by Crippen LogP contribution is 2.29. The first kappa shape index (κ1) is 14.4. The minimum Gasteiger partial charge on any atom is -0.351 e. The molecular weight excluding hydrogens is 334 g/mol. The van der Waals surface area contributed by atoms with E-state index in [2.05, 4.69) is 21.2 Å². The van der Waals surface area contributed by atoms with E-state index in [0.717, 1.165) is 33.6 Å². The quantitative estimate of drug-likeness (QED) is 0.807. The van der Waals surface area contributed by atoms with E-state index < -0.39 is 0 Å². The van der Waals surface area contributed by atoms with E-state index in [4.69, 9.17) is 11.6 Å². The first-order valence-corrected chi connectivity index (χ1v) is 8.29. The molecule has 1 fully saturated rings. The highest BCUT2D eigenvalue weighted by molar-refractivity contribution is 9.11. The smallest absolute Gasteiger partial charge is 0.261 e. The summed E-state index contributed by atoms with van der Waals surface area (Å²) in [6, 6.07) is 1.93. The van der Waals surface area contributed by atoms with E-state index in [0.29, 0.717) is 11.3 Å². The number of halogens is 2. The molecule has 1 aromatic rings. The molecule has 0 bridgehead atoms. The first-order valence-electron chi connectivity index (χ1n) is 6.24. The summed E-state index contributed by atoms with van der Waals surface area (Å²) in [5.41, 5.74) is 1.11. The molecule has 5 heteroatoms. The summed E-state index contributed by atoms with van der Waals surface area (Å²) in [5.74, 6) is 0.570. The molecule has 100 valence electrons. The van der Waals surface area contributed by atoms with Crippen molar-refractivity contribution in [3.8, 4) is 0 Å². The van der Waals surface area contributed by atoms with Crippen LogP contribution in [-0.2, 0) is 0 Å². The van der Waals surface area contributed by atoms with Crippen LogP contribution in [0.15, 0.2) is 9.85 Å². The number of hydrogen-bond donors (Lipinski definition) is 1. The van der Waals surface area contributed by atoms with E-state index in [1.165, 1.54) is 24.2 Å². The number of rotatable bonds is 3. The molecular formula is C13H17BrClNOS. The minimum atomic E-state index is 0.0329. The molecule has 1 aromatic heterocycles. The van der Waals surface area contributed by atoms with Gasteiger partial charge in [0.2, 0.25) is 0 Å². The van der Waals surface area contributed by atoms with Crippen molar-refractivity contribution in [2.75, 3.05) is 6.54 Å². The lowest BCUT2D eigenvalue weighted by Crippen LogP contribution is -2.31. The van der Waals surface area contributed by atoms with Crippen LogP contribution in [0.5, 0.6) is 0 Å². The van der Waals surface area contributed by atoms with E-state index in [1.54, 1.807) is 0 Å². The van der Waals surface area contributed by atoms with Gasteiger partial charge in [0.15, 0.2) is 0 Å². The van der Waals surface area contributed by atoms with Crippen molar-refractivity contribution in [1.82, 2.24) is 5.32 Å². The second-order valence-corrected chi connectivity index (χ2v) is 7.89. The van der Waals surface area contributed by atoms with Gasteiger partial charge >= 0.3 is 0 Å². The van der Waals surface area contributed by atoms with Crippen LogP contribution in [0.1, 0.15) is 40.9 Å². The summed E-state index contributed by atoms with van der Waals surface area (Å²) in [4.78, 5) is 12.8. The zero-order valence-corrected chi connectivity index (χ0v) is 13.5. The zero-order chi connectivity index (χ0) is 13.1. The first-order chi connectivity index (χ1) is 8.56. The van der Waals surface area contributed by atoms with Crippen LogP contribution >= 0.6 is 38.9 Å². The molecule has 1 N–H and O–H groups in total. The van der Waals surface area contributed by atoms with Crippen molar-refractivity contribution in [1.29, 1.82) is 0 Å². The molecule has 2 unspecified atom stereocenters. The van der Waals surface area contributed by atoms with Crippen molar-refractivity contribution in [3.05, 3.63) is 20.3 Å². The summed E-state index contributed by atoms with van der Waals surface area (Å²) in [5, 5.41) is 3.31. The molecule has 2 atom stereocenters. The van der Waals surface area contributed by atoms with Crippen LogP contribution in [0.4, 0.5) is 0 Å². The predicted molar refractivity (Wildman–Crippen MR) is 80.7 cm³/mol. The van der Waals surface area contributed by atoms with Gasteiger partial charge in [-0.3, -0.25) is 4.79 Å². The van der Waals surface area contributed by atoms with E-state index >= 15 is 0 Å². The molecule has 0 saturated heterocycles. The van der Waals surface area contributed by atoms with E-state index in [1.807, 2.05) is 13.0 Å². The SMILES string of the molecule is Cc1cc(C(=O)NCC2CCCC(Cl)C2)sc1Br. The Morgan fingerprint density at radius 3 is 3.00 bits per heavy atom. The van der Waals surface area contributed by atoms with Crippen molar-refractivity contribution in [2.45, 2.75) is 38.0 Å². The maximum absolute atomic E-state index is 12.0. The number of alkyl halides is 1. The molecule has 18 heavy (non-hydrogen) atoms. The van der Waals surface area contributed by atoms with Gasteiger partial charge in [0, 0.05) is 11.9 Å². The van der Waals surface area contributed by atoms with Gasteiger partial charge in [-0.2, -0.15) is 0 Å². The minimum absolute atomic E-state index is 0.0329. The third-order valence-corrected chi connectivity index (χ3v) is 5.88. The Kier molecular flexibility index (Phi) is 5.10. The summed E-state index contributed by atoms with van der Waals surface area (Å²) in [6.07, 6.45) is 4.49. The van der Waals surface area contributed by atoms with Gasteiger partial charge in [-0.1, -0.05) is 6.42 Å². The third kappa shape index (κ3) is 3.72. The van der Waals surface area contributed by atoms with Crippen molar-refractivity contribution < 1.29 is 4.79 Å². The van der Waals surface area contributed by atoms with Gasteiger partial charge in [0.05, 0.1) is 8.66 Å². The molecule has 2 rings (SSSR count). The Hall–Kier alpha value is -0.0600. The zero-order valence-electron chi connectivity index (χ0n) is 10.3. The number of hydrogen-bond acceptors (Lipinski definition) is 2. The molecule has 0 radical (unpaired) electrons. The average Bonchev–Trinajstić information content (AvgIpc) is 2.67. The van der Waals surface area contributed by atoms with Gasteiger partial charge in [0.25, 0.3) is 5.91 Å². The summed E-state index contributed by atoms with van der Waals surface area (Å²) in [6.45, 7) is 2.74. The van der Waals surface area contributed by atoms with Crippen molar-refractivity contribution in [2.24, 2.45) is 5.92 Å². The second kappa shape index (κ2) is 6.40. The summed E-state index contributed by atoms with van der Waals surface area (Å²) < 4.78 is 1.03. The molecule has 0 aliphatic heterocycles. The number of amides is 1. The number of thiophene rings is 1. The second-order valence-electron chi connectivity index (χ2n) is 4.91. The van der Waals surface area contributed by atoms with Gasteiger partial charge in [-0.15, -0.1) is 22.9 Å². The van der Waals surface area contributed by atoms with Crippen LogP contribution in [0.2, 0.25) is 0 Å².